The van der Waals surface area contributed by atoms with Gasteiger partial charge in [0.25, 0.3) is 5.79 Å². The lowest BCUT2D eigenvalue weighted by Gasteiger charge is -2.30. The van der Waals surface area contributed by atoms with Crippen LogP contribution in [0.3, 0.4) is 0 Å². The molecule has 8 heteroatoms. The van der Waals surface area contributed by atoms with Crippen molar-refractivity contribution in [3.8, 4) is 23.0 Å². The van der Waals surface area contributed by atoms with Crippen molar-refractivity contribution in [2.24, 2.45) is 0 Å². The first-order valence-electron chi connectivity index (χ1n) is 10.5. The number of methoxy groups -OCH3 is 2. The molecule has 0 amide bonds. The number of carbonyl (C=O) groups is 2. The highest BCUT2D eigenvalue weighted by molar-refractivity contribution is 5.86. The molecule has 0 spiro atoms. The number of ether oxygens (including phenoxy) is 5. The van der Waals surface area contributed by atoms with Gasteiger partial charge >= 0.3 is 11.9 Å². The molecule has 8 nitrogen and oxygen atoms in total. The number of benzene rings is 3. The lowest BCUT2D eigenvalue weighted by Crippen LogP contribution is -2.34. The molecular weight excluding hydrogens is 440 g/mol. The second kappa shape index (κ2) is 11.2. The van der Waals surface area contributed by atoms with Gasteiger partial charge in [0, 0.05) is 23.6 Å². The van der Waals surface area contributed by atoms with Gasteiger partial charge in [-0.1, -0.05) is 13.0 Å². The van der Waals surface area contributed by atoms with E-state index in [9.17, 15) is 14.7 Å². The van der Waals surface area contributed by atoms with Crippen LogP contribution in [0.15, 0.2) is 72.8 Å². The maximum atomic E-state index is 11.7. The predicted molar refractivity (Wildman–Crippen MR) is 123 cm³/mol. The van der Waals surface area contributed by atoms with Crippen LogP contribution in [0, 0.1) is 0 Å². The van der Waals surface area contributed by atoms with Crippen molar-refractivity contribution in [1.29, 1.82) is 0 Å². The van der Waals surface area contributed by atoms with E-state index in [1.165, 1.54) is 6.07 Å². The summed E-state index contributed by atoms with van der Waals surface area (Å²) in [5.74, 6) is -1.45. The molecule has 1 N–H and O–H groups in total. The molecule has 0 unspecified atom stereocenters. The van der Waals surface area contributed by atoms with Crippen LogP contribution in [0.4, 0.5) is 0 Å². The van der Waals surface area contributed by atoms with E-state index in [-0.39, 0.29) is 12.2 Å². The standard InChI is InChI=1S/C26H26O8/c1-4-24(27)33-25(28)17-32-22-6-5-7-23(16-22)34-26(29,18-8-12-20(30-2)13-9-18)19-10-14-21(31-3)15-11-19/h5-16,29H,4,17H2,1-3H3. The van der Waals surface area contributed by atoms with Crippen LogP contribution in [0.2, 0.25) is 0 Å². The highest BCUT2D eigenvalue weighted by Gasteiger charge is 2.34. The van der Waals surface area contributed by atoms with Gasteiger partial charge in [-0.25, -0.2) is 4.79 Å². The maximum absolute atomic E-state index is 11.7. The summed E-state index contributed by atoms with van der Waals surface area (Å²) in [5, 5.41) is 11.7. The number of hydrogen-bond acceptors (Lipinski definition) is 8. The van der Waals surface area contributed by atoms with Crippen molar-refractivity contribution in [2.45, 2.75) is 19.1 Å². The summed E-state index contributed by atoms with van der Waals surface area (Å²) >= 11 is 0. The van der Waals surface area contributed by atoms with Crippen molar-refractivity contribution >= 4 is 11.9 Å². The Kier molecular flexibility index (Phi) is 8.10. The van der Waals surface area contributed by atoms with E-state index in [0.29, 0.717) is 28.4 Å². The van der Waals surface area contributed by atoms with Gasteiger partial charge in [0.15, 0.2) is 6.61 Å². The normalized spacial score (nSPS) is 10.8. The number of esters is 2. The first kappa shape index (κ1) is 24.6. The maximum Gasteiger partial charge on any atom is 0.351 e. The first-order chi connectivity index (χ1) is 16.4. The van der Waals surface area contributed by atoms with E-state index in [2.05, 4.69) is 4.74 Å². The molecule has 0 saturated carbocycles. The summed E-state index contributed by atoms with van der Waals surface area (Å²) < 4.78 is 26.5. The zero-order valence-electron chi connectivity index (χ0n) is 19.1. The molecule has 0 aliphatic rings. The van der Waals surface area contributed by atoms with Gasteiger partial charge in [-0.3, -0.25) is 4.79 Å². The molecule has 34 heavy (non-hydrogen) atoms. The average Bonchev–Trinajstić information content (AvgIpc) is 2.87. The summed E-state index contributed by atoms with van der Waals surface area (Å²) in [5.41, 5.74) is 0.929. The molecule has 0 heterocycles. The largest absolute Gasteiger partial charge is 0.497 e. The highest BCUT2D eigenvalue weighted by Crippen LogP contribution is 2.35. The average molecular weight is 466 g/mol. The predicted octanol–water partition coefficient (Wildman–Crippen LogP) is 3.83. The lowest BCUT2D eigenvalue weighted by molar-refractivity contribution is -0.160. The van der Waals surface area contributed by atoms with Crippen LogP contribution in [0.5, 0.6) is 23.0 Å². The van der Waals surface area contributed by atoms with Crippen molar-refractivity contribution < 1.29 is 38.4 Å². The third-order valence-electron chi connectivity index (χ3n) is 4.91. The Hall–Kier alpha value is -4.04. The number of aliphatic hydroxyl groups is 1. The first-order valence-corrected chi connectivity index (χ1v) is 10.5. The number of hydrogen-bond donors (Lipinski definition) is 1. The number of carbonyl (C=O) groups excluding carboxylic acids is 2. The smallest absolute Gasteiger partial charge is 0.351 e. The molecule has 0 aliphatic heterocycles. The van der Waals surface area contributed by atoms with Gasteiger partial charge in [0.2, 0.25) is 0 Å². The fraction of sp³-hybridized carbons (Fsp3) is 0.231. The van der Waals surface area contributed by atoms with Crippen molar-refractivity contribution in [2.75, 3.05) is 20.8 Å². The third kappa shape index (κ3) is 6.05. The minimum absolute atomic E-state index is 0.0877. The minimum Gasteiger partial charge on any atom is -0.497 e. The highest BCUT2D eigenvalue weighted by atomic mass is 16.6. The van der Waals surface area contributed by atoms with Gasteiger partial charge in [0.1, 0.15) is 23.0 Å². The van der Waals surface area contributed by atoms with Crippen LogP contribution in [0.25, 0.3) is 0 Å². The van der Waals surface area contributed by atoms with Crippen LogP contribution < -0.4 is 18.9 Å². The van der Waals surface area contributed by atoms with Gasteiger partial charge in [0.05, 0.1) is 14.2 Å². The molecule has 3 rings (SSSR count). The minimum atomic E-state index is -1.86. The molecule has 0 aliphatic carbocycles. The Balaban J connectivity index is 1.86. The quantitative estimate of drug-likeness (QED) is 0.273. The van der Waals surface area contributed by atoms with Crippen LogP contribution in [-0.4, -0.2) is 37.9 Å². The summed E-state index contributed by atoms with van der Waals surface area (Å²) in [6.45, 7) is 1.14. The van der Waals surface area contributed by atoms with Crippen LogP contribution >= 0.6 is 0 Å². The molecule has 3 aromatic rings. The Morgan fingerprint density at radius 2 is 1.29 bits per heavy atom. The topological polar surface area (TPSA) is 101 Å². The summed E-state index contributed by atoms with van der Waals surface area (Å²) in [6, 6.07) is 20.1. The Morgan fingerprint density at radius 3 is 1.79 bits per heavy atom. The van der Waals surface area contributed by atoms with E-state index >= 15 is 0 Å². The Morgan fingerprint density at radius 1 is 0.765 bits per heavy atom. The van der Waals surface area contributed by atoms with E-state index in [0.717, 1.165) is 0 Å². The zero-order valence-corrected chi connectivity index (χ0v) is 19.1. The molecule has 0 saturated heterocycles. The van der Waals surface area contributed by atoms with E-state index < -0.39 is 24.3 Å². The molecule has 0 radical (unpaired) electrons. The monoisotopic (exact) mass is 466 g/mol. The van der Waals surface area contributed by atoms with Crippen LogP contribution in [0.1, 0.15) is 24.5 Å². The third-order valence-corrected chi connectivity index (χ3v) is 4.91. The van der Waals surface area contributed by atoms with Crippen molar-refractivity contribution in [3.63, 3.8) is 0 Å². The lowest BCUT2D eigenvalue weighted by atomic mass is 9.97. The van der Waals surface area contributed by atoms with E-state index in [1.54, 1.807) is 87.9 Å². The molecule has 0 bridgehead atoms. The van der Waals surface area contributed by atoms with Gasteiger partial charge < -0.3 is 28.8 Å². The second-order valence-electron chi connectivity index (χ2n) is 7.17. The summed E-state index contributed by atoms with van der Waals surface area (Å²) in [6.07, 6.45) is 0.0877. The Bertz CT molecular complexity index is 1060. The van der Waals surface area contributed by atoms with Gasteiger partial charge in [-0.05, 0) is 60.7 Å². The van der Waals surface area contributed by atoms with Crippen LogP contribution in [-0.2, 0) is 20.1 Å². The summed E-state index contributed by atoms with van der Waals surface area (Å²) in [7, 11) is 3.11. The molecule has 0 aromatic heterocycles. The molecule has 0 fully saturated rings. The molecule has 3 aromatic carbocycles. The van der Waals surface area contributed by atoms with E-state index in [1.807, 2.05) is 0 Å². The summed E-state index contributed by atoms with van der Waals surface area (Å²) in [4.78, 5) is 22.9. The fourth-order valence-corrected chi connectivity index (χ4v) is 3.09. The fourth-order valence-electron chi connectivity index (χ4n) is 3.09. The van der Waals surface area contributed by atoms with E-state index in [4.69, 9.17) is 18.9 Å². The van der Waals surface area contributed by atoms with Gasteiger partial charge in [-0.2, -0.15) is 0 Å². The molecule has 0 atom stereocenters. The molecular formula is C26H26O8. The SMILES string of the molecule is CCC(=O)OC(=O)COc1cccc(OC(O)(c2ccc(OC)cc2)c2ccc(OC)cc2)c1. The van der Waals surface area contributed by atoms with Gasteiger partial charge in [-0.15, -0.1) is 0 Å². The molecule has 178 valence electrons. The Labute approximate surface area is 197 Å². The van der Waals surface area contributed by atoms with Crippen molar-refractivity contribution in [1.82, 2.24) is 0 Å². The second-order valence-corrected chi connectivity index (χ2v) is 7.17. The van der Waals surface area contributed by atoms with Crippen molar-refractivity contribution in [3.05, 3.63) is 83.9 Å². The number of rotatable bonds is 10. The zero-order chi connectivity index (χ0) is 24.6.